The lowest BCUT2D eigenvalue weighted by atomic mass is 10.1. The number of aromatic nitrogens is 1. The standard InChI is InChI=1S/C20H34N6O4/c1-24-9-11-25(17(5-7-21)19(27)28)13-15-3-2-4-16(23-15)14-26(12-10-24)18(6-8-22)20(29)30/h2-4,17-18H,5-14,21-22H2,1H3,(H,27,28)(H,29,30). The van der Waals surface area contributed by atoms with Crippen LogP contribution in [0.5, 0.6) is 0 Å². The van der Waals surface area contributed by atoms with Crippen LogP contribution in [0, 0.1) is 0 Å². The number of carboxylic acids is 2. The summed E-state index contributed by atoms with van der Waals surface area (Å²) in [4.78, 5) is 34.2. The predicted octanol–water partition coefficient (Wildman–Crippen LogP) is -0.765. The molecule has 10 nitrogen and oxygen atoms in total. The molecule has 2 unspecified atom stereocenters. The lowest BCUT2D eigenvalue weighted by Crippen LogP contribution is -2.48. The Kier molecular flexibility index (Phi) is 9.60. The van der Waals surface area contributed by atoms with Crippen molar-refractivity contribution in [1.82, 2.24) is 19.7 Å². The van der Waals surface area contributed by atoms with E-state index in [1.54, 1.807) is 0 Å². The van der Waals surface area contributed by atoms with E-state index in [2.05, 4.69) is 9.88 Å². The summed E-state index contributed by atoms with van der Waals surface area (Å²) in [6.07, 6.45) is 0.734. The summed E-state index contributed by atoms with van der Waals surface area (Å²) in [5.74, 6) is -1.77. The molecular formula is C20H34N6O4. The number of carboxylic acid groups (broad SMARTS) is 2. The molecule has 0 saturated carbocycles. The van der Waals surface area contributed by atoms with Crippen LogP contribution in [0.15, 0.2) is 18.2 Å². The zero-order valence-corrected chi connectivity index (χ0v) is 17.6. The fraction of sp³-hybridized carbons (Fsp3) is 0.650. The highest BCUT2D eigenvalue weighted by Crippen LogP contribution is 2.15. The van der Waals surface area contributed by atoms with Gasteiger partial charge in [0.05, 0.1) is 11.4 Å². The van der Waals surface area contributed by atoms with E-state index in [4.69, 9.17) is 11.5 Å². The third-order valence-electron chi connectivity index (χ3n) is 5.46. The van der Waals surface area contributed by atoms with Gasteiger partial charge in [-0.1, -0.05) is 6.07 Å². The molecule has 2 rings (SSSR count). The topological polar surface area (TPSA) is 149 Å². The van der Waals surface area contributed by atoms with Gasteiger partial charge in [0.2, 0.25) is 0 Å². The van der Waals surface area contributed by atoms with Gasteiger partial charge in [-0.2, -0.15) is 0 Å². The number of aliphatic carboxylic acids is 2. The molecule has 1 aliphatic heterocycles. The molecule has 10 heteroatoms. The van der Waals surface area contributed by atoms with Crippen molar-refractivity contribution < 1.29 is 19.8 Å². The molecule has 0 spiro atoms. The highest BCUT2D eigenvalue weighted by molar-refractivity contribution is 5.73. The van der Waals surface area contributed by atoms with Crippen molar-refractivity contribution in [3.63, 3.8) is 0 Å². The first kappa shape index (κ1) is 24.2. The van der Waals surface area contributed by atoms with E-state index in [-0.39, 0.29) is 0 Å². The minimum atomic E-state index is -0.886. The van der Waals surface area contributed by atoms with Crippen molar-refractivity contribution >= 4 is 11.9 Å². The average Bonchev–Trinajstić information content (AvgIpc) is 2.70. The highest BCUT2D eigenvalue weighted by Gasteiger charge is 2.28. The van der Waals surface area contributed by atoms with Crippen molar-refractivity contribution in [3.8, 4) is 0 Å². The van der Waals surface area contributed by atoms with E-state index in [1.807, 2.05) is 35.0 Å². The molecule has 0 amide bonds. The number of hydrogen-bond donors (Lipinski definition) is 4. The second-order valence-electron chi connectivity index (χ2n) is 7.73. The Hall–Kier alpha value is -2.11. The summed E-state index contributed by atoms with van der Waals surface area (Å²) in [5, 5.41) is 19.4. The number of likely N-dealkylation sites (N-methyl/N-ethyl adjacent to an activating group) is 1. The maximum absolute atomic E-state index is 11.8. The van der Waals surface area contributed by atoms with Gasteiger partial charge in [0.15, 0.2) is 0 Å². The molecule has 168 valence electrons. The third kappa shape index (κ3) is 6.99. The molecule has 2 atom stereocenters. The molecule has 6 N–H and O–H groups in total. The van der Waals surface area contributed by atoms with E-state index < -0.39 is 24.0 Å². The SMILES string of the molecule is CN1CCN(C(CCN)C(=O)O)Cc2cccc(n2)CN(C(CCN)C(=O)O)CC1. The summed E-state index contributed by atoms with van der Waals surface area (Å²) in [7, 11) is 1.96. The van der Waals surface area contributed by atoms with Crippen LogP contribution in [0.2, 0.25) is 0 Å². The molecule has 2 bridgehead atoms. The number of fused-ring (bicyclic) bond motifs is 2. The Morgan fingerprint density at radius 1 is 0.933 bits per heavy atom. The summed E-state index contributed by atoms with van der Waals surface area (Å²) in [6, 6.07) is 4.27. The molecule has 0 radical (unpaired) electrons. The smallest absolute Gasteiger partial charge is 0.320 e. The first-order chi connectivity index (χ1) is 14.3. The third-order valence-corrected chi connectivity index (χ3v) is 5.46. The van der Waals surface area contributed by atoms with Crippen LogP contribution in [-0.2, 0) is 22.7 Å². The monoisotopic (exact) mass is 422 g/mol. The van der Waals surface area contributed by atoms with E-state index >= 15 is 0 Å². The lowest BCUT2D eigenvalue weighted by Gasteiger charge is -2.33. The van der Waals surface area contributed by atoms with Gasteiger partial charge in [-0.25, -0.2) is 0 Å². The number of nitrogens with two attached hydrogens (primary N) is 2. The van der Waals surface area contributed by atoms with Gasteiger partial charge in [0.25, 0.3) is 0 Å². The maximum Gasteiger partial charge on any atom is 0.320 e. The zero-order valence-electron chi connectivity index (χ0n) is 17.6. The number of nitrogens with zero attached hydrogens (tertiary/aromatic N) is 4. The number of carbonyl (C=O) groups is 2. The van der Waals surface area contributed by atoms with Gasteiger partial charge in [0.1, 0.15) is 12.1 Å². The maximum atomic E-state index is 11.8. The van der Waals surface area contributed by atoms with E-state index in [9.17, 15) is 19.8 Å². The Balaban J connectivity index is 2.32. The van der Waals surface area contributed by atoms with E-state index in [0.717, 1.165) is 11.4 Å². The van der Waals surface area contributed by atoms with Crippen molar-refractivity contribution in [2.24, 2.45) is 11.5 Å². The highest BCUT2D eigenvalue weighted by atomic mass is 16.4. The van der Waals surface area contributed by atoms with Crippen molar-refractivity contribution in [1.29, 1.82) is 0 Å². The Labute approximate surface area is 177 Å². The van der Waals surface area contributed by atoms with Gasteiger partial charge in [-0.3, -0.25) is 24.4 Å². The Morgan fingerprint density at radius 2 is 1.37 bits per heavy atom. The fourth-order valence-electron chi connectivity index (χ4n) is 3.76. The second-order valence-corrected chi connectivity index (χ2v) is 7.73. The van der Waals surface area contributed by atoms with Crippen LogP contribution in [0.3, 0.4) is 0 Å². The Bertz CT molecular complexity index is 650. The van der Waals surface area contributed by atoms with Crippen molar-refractivity contribution in [2.45, 2.75) is 38.0 Å². The number of rotatable bonds is 8. The zero-order chi connectivity index (χ0) is 22.1. The van der Waals surface area contributed by atoms with E-state index in [1.165, 1.54) is 0 Å². The summed E-state index contributed by atoms with van der Waals surface area (Å²) in [5.41, 5.74) is 12.8. The fourth-order valence-corrected chi connectivity index (χ4v) is 3.76. The molecule has 1 aromatic heterocycles. The van der Waals surface area contributed by atoms with Gasteiger partial charge in [0, 0.05) is 39.3 Å². The quantitative estimate of drug-likeness (QED) is 0.421. The molecule has 0 saturated heterocycles. The lowest BCUT2D eigenvalue weighted by molar-refractivity contribution is -0.144. The molecule has 30 heavy (non-hydrogen) atoms. The van der Waals surface area contributed by atoms with Crippen molar-refractivity contribution in [2.75, 3.05) is 46.3 Å². The Morgan fingerprint density at radius 3 is 1.73 bits per heavy atom. The van der Waals surface area contributed by atoms with Crippen LogP contribution in [0.4, 0.5) is 0 Å². The second kappa shape index (κ2) is 11.9. The first-order valence-electron chi connectivity index (χ1n) is 10.3. The largest absolute Gasteiger partial charge is 0.480 e. The minimum Gasteiger partial charge on any atom is -0.480 e. The van der Waals surface area contributed by atoms with Gasteiger partial charge < -0.3 is 26.6 Å². The van der Waals surface area contributed by atoms with Gasteiger partial charge >= 0.3 is 11.9 Å². The number of pyridine rings is 1. The molecule has 0 aromatic carbocycles. The summed E-state index contributed by atoms with van der Waals surface area (Å²) >= 11 is 0. The summed E-state index contributed by atoms with van der Waals surface area (Å²) in [6.45, 7) is 3.77. The minimum absolute atomic E-state index is 0.295. The molecule has 1 aromatic rings. The molecular weight excluding hydrogens is 388 g/mol. The van der Waals surface area contributed by atoms with Crippen LogP contribution in [0.1, 0.15) is 24.2 Å². The predicted molar refractivity (Wildman–Crippen MR) is 113 cm³/mol. The molecule has 0 aliphatic carbocycles. The van der Waals surface area contributed by atoms with E-state index in [0.29, 0.717) is 65.2 Å². The van der Waals surface area contributed by atoms with Gasteiger partial charge in [-0.05, 0) is 45.1 Å². The van der Waals surface area contributed by atoms with Crippen molar-refractivity contribution in [3.05, 3.63) is 29.6 Å². The number of hydrogen-bond acceptors (Lipinski definition) is 8. The summed E-state index contributed by atoms with van der Waals surface area (Å²) < 4.78 is 0. The average molecular weight is 423 g/mol. The molecule has 2 heterocycles. The van der Waals surface area contributed by atoms with Crippen LogP contribution >= 0.6 is 0 Å². The molecule has 0 fully saturated rings. The van der Waals surface area contributed by atoms with Crippen LogP contribution < -0.4 is 11.5 Å². The van der Waals surface area contributed by atoms with Crippen LogP contribution in [0.25, 0.3) is 0 Å². The first-order valence-corrected chi connectivity index (χ1v) is 10.3. The normalized spacial score (nSPS) is 19.4. The van der Waals surface area contributed by atoms with Gasteiger partial charge in [-0.15, -0.1) is 0 Å². The molecule has 1 aliphatic rings. The van der Waals surface area contributed by atoms with Crippen LogP contribution in [-0.4, -0.2) is 100 Å².